The van der Waals surface area contributed by atoms with Crippen molar-refractivity contribution in [2.75, 3.05) is 5.73 Å². The maximum atomic E-state index is 13.5. The van der Waals surface area contributed by atoms with Crippen LogP contribution in [0.3, 0.4) is 0 Å². The van der Waals surface area contributed by atoms with E-state index in [1.165, 1.54) is 12.1 Å². The molecule has 2 heterocycles. The normalized spacial score (nSPS) is 10.9. The van der Waals surface area contributed by atoms with Gasteiger partial charge in [0.1, 0.15) is 11.0 Å². The highest BCUT2D eigenvalue weighted by Gasteiger charge is 2.08. The third-order valence-electron chi connectivity index (χ3n) is 3.09. The van der Waals surface area contributed by atoms with E-state index >= 15 is 0 Å². The van der Waals surface area contributed by atoms with Crippen LogP contribution in [0.1, 0.15) is 5.69 Å². The van der Waals surface area contributed by atoms with E-state index in [1.54, 1.807) is 18.3 Å². The summed E-state index contributed by atoms with van der Waals surface area (Å²) >= 11 is 5.85. The van der Waals surface area contributed by atoms with Crippen molar-refractivity contribution in [3.05, 3.63) is 53.2 Å². The lowest BCUT2D eigenvalue weighted by Crippen LogP contribution is -1.93. The average Bonchev–Trinajstić information content (AvgIpc) is 2.36. The highest BCUT2D eigenvalue weighted by Crippen LogP contribution is 2.28. The molecule has 2 aromatic heterocycles. The summed E-state index contributed by atoms with van der Waals surface area (Å²) in [5, 5.41) is 1.24. The molecule has 3 nitrogen and oxygen atoms in total. The first-order valence-corrected chi connectivity index (χ1v) is 6.40. The van der Waals surface area contributed by atoms with Gasteiger partial charge in [-0.3, -0.25) is 4.98 Å². The van der Waals surface area contributed by atoms with Crippen LogP contribution < -0.4 is 5.73 Å². The van der Waals surface area contributed by atoms with Crippen LogP contribution in [0.15, 0.2) is 36.5 Å². The fourth-order valence-electron chi connectivity index (χ4n) is 2.20. The molecule has 0 atom stereocenters. The van der Waals surface area contributed by atoms with Crippen LogP contribution >= 0.6 is 11.6 Å². The number of pyridine rings is 2. The average molecular weight is 288 g/mol. The minimum Gasteiger partial charge on any atom is -0.399 e. The molecule has 0 saturated carbocycles. The maximum absolute atomic E-state index is 13.5. The number of nitrogens with zero attached hydrogens (tertiary/aromatic N) is 2. The first-order chi connectivity index (χ1) is 9.52. The van der Waals surface area contributed by atoms with E-state index < -0.39 is 0 Å². The van der Waals surface area contributed by atoms with Gasteiger partial charge in [-0.15, -0.1) is 0 Å². The van der Waals surface area contributed by atoms with Gasteiger partial charge < -0.3 is 5.73 Å². The van der Waals surface area contributed by atoms with Crippen LogP contribution in [0.2, 0.25) is 5.15 Å². The van der Waals surface area contributed by atoms with Crippen molar-refractivity contribution in [1.29, 1.82) is 0 Å². The van der Waals surface area contributed by atoms with Crippen molar-refractivity contribution in [2.45, 2.75) is 6.92 Å². The minimum atomic E-state index is -0.367. The summed E-state index contributed by atoms with van der Waals surface area (Å²) in [6.07, 6.45) is 1.65. The second-order valence-electron chi connectivity index (χ2n) is 4.59. The van der Waals surface area contributed by atoms with Crippen molar-refractivity contribution in [1.82, 2.24) is 9.97 Å². The molecule has 0 aliphatic rings. The number of nitrogens with two attached hydrogens (primary N) is 1. The molecule has 0 radical (unpaired) electrons. The Kier molecular flexibility index (Phi) is 3.03. The third-order valence-corrected chi connectivity index (χ3v) is 3.29. The molecule has 0 amide bonds. The van der Waals surface area contributed by atoms with E-state index in [9.17, 15) is 4.39 Å². The highest BCUT2D eigenvalue weighted by molar-refractivity contribution is 6.30. The Morgan fingerprint density at radius 3 is 2.70 bits per heavy atom. The van der Waals surface area contributed by atoms with Gasteiger partial charge in [0, 0.05) is 34.6 Å². The fourth-order valence-corrected chi connectivity index (χ4v) is 2.35. The summed E-state index contributed by atoms with van der Waals surface area (Å²) in [5.74, 6) is -0.367. The highest BCUT2D eigenvalue weighted by atomic mass is 35.5. The summed E-state index contributed by atoms with van der Waals surface area (Å²) in [7, 11) is 0. The van der Waals surface area contributed by atoms with Crippen molar-refractivity contribution in [3.8, 4) is 11.1 Å². The van der Waals surface area contributed by atoms with Gasteiger partial charge in [-0.1, -0.05) is 11.6 Å². The van der Waals surface area contributed by atoms with Crippen molar-refractivity contribution >= 4 is 28.2 Å². The molecule has 0 saturated heterocycles. The molecule has 0 fully saturated rings. The molecule has 2 N–H and O–H groups in total. The lowest BCUT2D eigenvalue weighted by Gasteiger charge is -2.09. The third kappa shape index (κ3) is 2.30. The van der Waals surface area contributed by atoms with E-state index in [4.69, 9.17) is 17.3 Å². The molecule has 20 heavy (non-hydrogen) atoms. The Hall–Kier alpha value is -2.20. The predicted molar refractivity (Wildman–Crippen MR) is 79.1 cm³/mol. The van der Waals surface area contributed by atoms with Crippen LogP contribution in [0.4, 0.5) is 10.1 Å². The Labute approximate surface area is 120 Å². The summed E-state index contributed by atoms with van der Waals surface area (Å²) in [6.45, 7) is 1.87. The molecule has 0 spiro atoms. The Morgan fingerprint density at radius 1 is 1.15 bits per heavy atom. The number of fused-ring (bicyclic) bond motifs is 1. The maximum Gasteiger partial charge on any atom is 0.131 e. The van der Waals surface area contributed by atoms with Gasteiger partial charge in [0.2, 0.25) is 0 Å². The Balaban J connectivity index is 2.25. The van der Waals surface area contributed by atoms with Crippen molar-refractivity contribution < 1.29 is 4.39 Å². The number of aromatic nitrogens is 2. The molecule has 100 valence electrons. The van der Waals surface area contributed by atoms with E-state index in [1.807, 2.05) is 13.0 Å². The van der Waals surface area contributed by atoms with E-state index in [0.29, 0.717) is 16.4 Å². The van der Waals surface area contributed by atoms with E-state index in [0.717, 1.165) is 22.2 Å². The SMILES string of the molecule is Cc1nc2cc(Cl)ncc2cc1-c1cc(N)cc(F)c1. The molecule has 3 aromatic rings. The largest absolute Gasteiger partial charge is 0.399 e. The first-order valence-electron chi connectivity index (χ1n) is 6.02. The Morgan fingerprint density at radius 2 is 1.95 bits per heavy atom. The molecular formula is C15H11ClFN3. The second-order valence-corrected chi connectivity index (χ2v) is 4.98. The standard InChI is InChI=1S/C15H11ClFN3/c1-8-13(9-2-11(17)5-12(18)3-9)4-10-7-19-15(16)6-14(10)20-8/h2-7H,18H2,1H3. The molecule has 0 bridgehead atoms. The van der Waals surface area contributed by atoms with Crippen LogP contribution in [0.25, 0.3) is 22.0 Å². The number of nitrogen functional groups attached to an aromatic ring is 1. The second kappa shape index (κ2) is 4.72. The lowest BCUT2D eigenvalue weighted by atomic mass is 10.0. The number of halogens is 2. The minimum absolute atomic E-state index is 0.367. The molecule has 0 aliphatic carbocycles. The van der Waals surface area contributed by atoms with Gasteiger partial charge in [-0.05, 0) is 36.8 Å². The first kappa shape index (κ1) is 12.8. The van der Waals surface area contributed by atoms with Crippen molar-refractivity contribution in [3.63, 3.8) is 0 Å². The van der Waals surface area contributed by atoms with Gasteiger partial charge in [0.15, 0.2) is 0 Å². The van der Waals surface area contributed by atoms with Gasteiger partial charge >= 0.3 is 0 Å². The van der Waals surface area contributed by atoms with Crippen LogP contribution in [0.5, 0.6) is 0 Å². The number of benzene rings is 1. The lowest BCUT2D eigenvalue weighted by molar-refractivity contribution is 0.629. The fraction of sp³-hybridized carbons (Fsp3) is 0.0667. The summed E-state index contributed by atoms with van der Waals surface area (Å²) in [4.78, 5) is 8.52. The van der Waals surface area contributed by atoms with Crippen LogP contribution in [-0.4, -0.2) is 9.97 Å². The smallest absolute Gasteiger partial charge is 0.131 e. The Bertz CT molecular complexity index is 797. The van der Waals surface area contributed by atoms with Gasteiger partial charge in [-0.2, -0.15) is 0 Å². The molecule has 0 unspecified atom stereocenters. The zero-order valence-electron chi connectivity index (χ0n) is 10.7. The zero-order chi connectivity index (χ0) is 14.3. The number of hydrogen-bond donors (Lipinski definition) is 1. The van der Waals surface area contributed by atoms with Gasteiger partial charge in [0.25, 0.3) is 0 Å². The number of rotatable bonds is 1. The van der Waals surface area contributed by atoms with Gasteiger partial charge in [0.05, 0.1) is 5.52 Å². The van der Waals surface area contributed by atoms with E-state index in [2.05, 4.69) is 9.97 Å². The molecule has 5 heteroatoms. The summed E-state index contributed by atoms with van der Waals surface area (Å²) in [5.41, 5.74) is 9.14. The van der Waals surface area contributed by atoms with Crippen LogP contribution in [0, 0.1) is 12.7 Å². The summed E-state index contributed by atoms with van der Waals surface area (Å²) < 4.78 is 13.5. The summed E-state index contributed by atoms with van der Waals surface area (Å²) in [6, 6.07) is 8.06. The molecular weight excluding hydrogens is 277 g/mol. The number of aryl methyl sites for hydroxylation is 1. The van der Waals surface area contributed by atoms with Gasteiger partial charge in [-0.25, -0.2) is 9.37 Å². The van der Waals surface area contributed by atoms with Crippen molar-refractivity contribution in [2.24, 2.45) is 0 Å². The number of anilines is 1. The molecule has 3 rings (SSSR count). The topological polar surface area (TPSA) is 51.8 Å². The van der Waals surface area contributed by atoms with Crippen LogP contribution in [-0.2, 0) is 0 Å². The van der Waals surface area contributed by atoms with E-state index in [-0.39, 0.29) is 5.82 Å². The molecule has 1 aromatic carbocycles. The predicted octanol–water partition coefficient (Wildman–Crippen LogP) is 3.98. The monoisotopic (exact) mass is 287 g/mol. The molecule has 0 aliphatic heterocycles. The quantitative estimate of drug-likeness (QED) is 0.544. The number of hydrogen-bond acceptors (Lipinski definition) is 3. The zero-order valence-corrected chi connectivity index (χ0v) is 11.4.